The summed E-state index contributed by atoms with van der Waals surface area (Å²) in [7, 11) is 0. The van der Waals surface area contributed by atoms with Gasteiger partial charge in [-0.3, -0.25) is 0 Å². The minimum atomic E-state index is 0.548. The van der Waals surface area contributed by atoms with Crippen LogP contribution in [0.4, 0.5) is 0 Å². The summed E-state index contributed by atoms with van der Waals surface area (Å²) in [5, 5.41) is 1.25. The molecule has 2 nitrogen and oxygen atoms in total. The highest BCUT2D eigenvalue weighted by atomic mass is 79.9. The molecule has 0 saturated heterocycles. The maximum atomic E-state index is 6.13. The van der Waals surface area contributed by atoms with Crippen molar-refractivity contribution in [3.8, 4) is 0 Å². The predicted octanol–water partition coefficient (Wildman–Crippen LogP) is 5.11. The van der Waals surface area contributed by atoms with Crippen molar-refractivity contribution in [2.75, 3.05) is 0 Å². The van der Waals surface area contributed by atoms with E-state index in [0.29, 0.717) is 21.1 Å². The van der Waals surface area contributed by atoms with Crippen LogP contribution in [0, 0.1) is 11.6 Å². The number of H-pyrrole nitrogens is 1. The monoisotopic (exact) mass is 362 g/mol. The minimum absolute atomic E-state index is 0.548. The average Bonchev–Trinajstić information content (AvgIpc) is 2.29. The summed E-state index contributed by atoms with van der Waals surface area (Å²) in [5.41, 5.74) is 1.91. The van der Waals surface area contributed by atoms with Crippen LogP contribution in [-0.2, 0) is 6.42 Å². The fourth-order valence-electron chi connectivity index (χ4n) is 1.56. The van der Waals surface area contributed by atoms with Gasteiger partial charge in [0, 0.05) is 22.2 Å². The Morgan fingerprint density at radius 1 is 1.39 bits per heavy atom. The molecule has 1 N–H and O–H groups in total. The van der Waals surface area contributed by atoms with Crippen molar-refractivity contribution in [2.45, 2.75) is 13.3 Å². The van der Waals surface area contributed by atoms with Gasteiger partial charge in [0.05, 0.1) is 4.47 Å². The van der Waals surface area contributed by atoms with Crippen molar-refractivity contribution in [2.24, 2.45) is 0 Å². The molecule has 0 amide bonds. The number of hydrogen-bond acceptors (Lipinski definition) is 2. The Morgan fingerprint density at radius 2 is 2.11 bits per heavy atom. The molecule has 0 unspecified atom stereocenters. The maximum Gasteiger partial charge on any atom is 0.144 e. The molecule has 1 aromatic heterocycles. The van der Waals surface area contributed by atoms with Gasteiger partial charge in [-0.2, -0.15) is 0 Å². The zero-order valence-corrected chi connectivity index (χ0v) is 13.3. The zero-order valence-electron chi connectivity index (χ0n) is 9.43. The number of nitrogens with one attached hydrogen (secondary N) is 1. The number of rotatable bonds is 2. The molecule has 0 radical (unpaired) electrons. The Kier molecular flexibility index (Phi) is 4.43. The van der Waals surface area contributed by atoms with E-state index in [1.54, 1.807) is 6.07 Å². The molecule has 0 saturated carbocycles. The third kappa shape index (κ3) is 3.12. The summed E-state index contributed by atoms with van der Waals surface area (Å²) < 4.78 is 1.37. The molecule has 0 atom stereocenters. The van der Waals surface area contributed by atoms with Crippen molar-refractivity contribution >= 4 is 51.3 Å². The second-order valence-corrected chi connectivity index (χ2v) is 5.86. The normalized spacial score (nSPS) is 10.7. The second kappa shape index (κ2) is 5.70. The summed E-state index contributed by atoms with van der Waals surface area (Å²) in [4.78, 5) is 7.50. The summed E-state index contributed by atoms with van der Waals surface area (Å²) in [5.74, 6) is 0.782. The molecule has 0 bridgehead atoms. The largest absolute Gasteiger partial charge is 0.346 e. The lowest BCUT2D eigenvalue weighted by atomic mass is 10.1. The van der Waals surface area contributed by atoms with Crippen LogP contribution in [0.2, 0.25) is 10.0 Å². The molecule has 0 aliphatic rings. The minimum Gasteiger partial charge on any atom is -0.346 e. The smallest absolute Gasteiger partial charge is 0.144 e. The fraction of sp³-hybridized carbons (Fsp3) is 0.167. The third-order valence-electron chi connectivity index (χ3n) is 2.46. The van der Waals surface area contributed by atoms with Gasteiger partial charge in [0.1, 0.15) is 10.5 Å². The molecule has 2 aromatic rings. The quantitative estimate of drug-likeness (QED) is 0.751. The van der Waals surface area contributed by atoms with Gasteiger partial charge in [0.15, 0.2) is 0 Å². The molecule has 0 fully saturated rings. The molecular formula is C12H9BrCl2N2S. The molecule has 1 heterocycles. The first kappa shape index (κ1) is 14.0. The molecule has 0 spiro atoms. The Morgan fingerprint density at radius 3 is 2.72 bits per heavy atom. The first-order valence-corrected chi connectivity index (χ1v) is 7.12. The van der Waals surface area contributed by atoms with Gasteiger partial charge in [-0.15, -0.1) is 0 Å². The van der Waals surface area contributed by atoms with Gasteiger partial charge in [-0.05, 0) is 40.5 Å². The highest BCUT2D eigenvalue weighted by Gasteiger charge is 2.07. The lowest BCUT2D eigenvalue weighted by molar-refractivity contribution is 0.926. The maximum absolute atomic E-state index is 6.13. The van der Waals surface area contributed by atoms with Crippen LogP contribution in [0.25, 0.3) is 0 Å². The summed E-state index contributed by atoms with van der Waals surface area (Å²) in [6, 6.07) is 5.42. The number of nitrogens with zero attached hydrogens (tertiary/aromatic N) is 1. The van der Waals surface area contributed by atoms with Crippen LogP contribution in [0.3, 0.4) is 0 Å². The number of aryl methyl sites for hydroxylation is 1. The van der Waals surface area contributed by atoms with Gasteiger partial charge < -0.3 is 4.98 Å². The molecule has 1 aromatic carbocycles. The van der Waals surface area contributed by atoms with E-state index in [0.717, 1.165) is 21.6 Å². The van der Waals surface area contributed by atoms with E-state index in [2.05, 4.69) is 25.9 Å². The van der Waals surface area contributed by atoms with Crippen LogP contribution in [0.5, 0.6) is 0 Å². The van der Waals surface area contributed by atoms with Crippen LogP contribution in [0.1, 0.15) is 17.1 Å². The first-order chi connectivity index (χ1) is 8.47. The number of halogens is 3. The Balaban J connectivity index is 2.37. The topological polar surface area (TPSA) is 28.7 Å². The highest BCUT2D eigenvalue weighted by molar-refractivity contribution is 9.10. The highest BCUT2D eigenvalue weighted by Crippen LogP contribution is 2.23. The van der Waals surface area contributed by atoms with E-state index >= 15 is 0 Å². The van der Waals surface area contributed by atoms with Gasteiger partial charge >= 0.3 is 0 Å². The average molecular weight is 364 g/mol. The molecular weight excluding hydrogens is 355 g/mol. The van der Waals surface area contributed by atoms with E-state index in [1.807, 2.05) is 19.1 Å². The Labute approximate surface area is 128 Å². The molecule has 18 heavy (non-hydrogen) atoms. The summed E-state index contributed by atoms with van der Waals surface area (Å²) >= 11 is 20.5. The molecule has 2 rings (SSSR count). The Hall–Kier alpha value is -0.420. The van der Waals surface area contributed by atoms with E-state index < -0.39 is 0 Å². The van der Waals surface area contributed by atoms with Gasteiger partial charge in [0.2, 0.25) is 0 Å². The zero-order chi connectivity index (χ0) is 13.3. The number of hydrogen-bond donors (Lipinski definition) is 1. The molecule has 6 heteroatoms. The van der Waals surface area contributed by atoms with E-state index in [9.17, 15) is 0 Å². The van der Waals surface area contributed by atoms with Crippen molar-refractivity contribution in [1.29, 1.82) is 0 Å². The number of aromatic amines is 1. The summed E-state index contributed by atoms with van der Waals surface area (Å²) in [6.07, 6.45) is 0.591. The molecule has 0 aliphatic carbocycles. The lowest BCUT2D eigenvalue weighted by Crippen LogP contribution is -2.00. The fourth-order valence-corrected chi connectivity index (χ4v) is 2.49. The van der Waals surface area contributed by atoms with Gasteiger partial charge in [-0.25, -0.2) is 4.98 Å². The number of benzene rings is 1. The first-order valence-electron chi connectivity index (χ1n) is 5.16. The SMILES string of the molecule is Cc1[nH]c(Cc2ccc(Cl)cc2Cl)nc(=S)c1Br. The van der Waals surface area contributed by atoms with Crippen LogP contribution in [0.15, 0.2) is 22.7 Å². The van der Waals surface area contributed by atoms with Crippen molar-refractivity contribution in [1.82, 2.24) is 9.97 Å². The molecule has 0 aliphatic heterocycles. The standard InChI is InChI=1S/C12H9BrCl2N2S/c1-6-11(13)12(18)17-10(16-6)4-7-2-3-8(14)5-9(7)15/h2-3,5H,4H2,1H3,(H,16,17,18). The van der Waals surface area contributed by atoms with Gasteiger partial charge in [0.25, 0.3) is 0 Å². The Bertz CT molecular complexity index is 655. The van der Waals surface area contributed by atoms with Crippen molar-refractivity contribution in [3.63, 3.8) is 0 Å². The van der Waals surface area contributed by atoms with Crippen LogP contribution in [-0.4, -0.2) is 9.97 Å². The number of aromatic nitrogens is 2. The van der Waals surface area contributed by atoms with Crippen LogP contribution >= 0.6 is 51.3 Å². The van der Waals surface area contributed by atoms with E-state index in [-0.39, 0.29) is 0 Å². The third-order valence-corrected chi connectivity index (χ3v) is 4.57. The van der Waals surface area contributed by atoms with Crippen molar-refractivity contribution in [3.05, 3.63) is 54.4 Å². The molecule has 94 valence electrons. The summed E-state index contributed by atoms with van der Waals surface area (Å²) in [6.45, 7) is 1.94. The van der Waals surface area contributed by atoms with Gasteiger partial charge in [-0.1, -0.05) is 41.5 Å². The second-order valence-electron chi connectivity index (χ2n) is 3.84. The predicted molar refractivity (Wildman–Crippen MR) is 81.1 cm³/mol. The lowest BCUT2D eigenvalue weighted by Gasteiger charge is -2.07. The van der Waals surface area contributed by atoms with E-state index in [1.165, 1.54) is 0 Å². The van der Waals surface area contributed by atoms with Crippen molar-refractivity contribution < 1.29 is 0 Å². The van der Waals surface area contributed by atoms with Crippen LogP contribution < -0.4 is 0 Å². The van der Waals surface area contributed by atoms with E-state index in [4.69, 9.17) is 35.4 Å².